The Morgan fingerprint density at radius 1 is 0.955 bits per heavy atom. The van der Waals surface area contributed by atoms with Gasteiger partial charge in [-0.25, -0.2) is 4.79 Å². The van der Waals surface area contributed by atoms with E-state index >= 15 is 0 Å². The van der Waals surface area contributed by atoms with Crippen LogP contribution in [0.4, 0.5) is 0 Å². The maximum Gasteiger partial charge on any atom is 0.353 e. The van der Waals surface area contributed by atoms with Crippen molar-refractivity contribution in [1.29, 1.82) is 0 Å². The summed E-state index contributed by atoms with van der Waals surface area (Å²) in [6, 6.07) is 7.06. The number of hydrogen-bond donors (Lipinski definition) is 0. The van der Waals surface area contributed by atoms with E-state index in [1.165, 1.54) is 23.3 Å². The molecule has 0 saturated heterocycles. The molecule has 4 nitrogen and oxygen atoms in total. The Kier molecular flexibility index (Phi) is 4.34. The molecule has 0 N–H and O–H groups in total. The highest BCUT2D eigenvalue weighted by Crippen LogP contribution is 2.32. The monoisotopic (exact) mass is 318 g/mol. The summed E-state index contributed by atoms with van der Waals surface area (Å²) in [5.41, 5.74) is 1.30. The number of aryl methyl sites for hydroxylation is 2. The first kappa shape index (κ1) is 14.9. The summed E-state index contributed by atoms with van der Waals surface area (Å²) in [7, 11) is 3.13. The lowest BCUT2D eigenvalue weighted by Crippen LogP contribution is -2.06. The Morgan fingerprint density at radius 2 is 1.59 bits per heavy atom. The molecule has 0 radical (unpaired) electrons. The highest BCUT2D eigenvalue weighted by atomic mass is 32.1. The van der Waals surface area contributed by atoms with E-state index in [-0.39, 0.29) is 5.97 Å². The molecule has 0 saturated carbocycles. The zero-order valence-electron chi connectivity index (χ0n) is 12.7. The molecule has 0 amide bonds. The van der Waals surface area contributed by atoms with E-state index in [0.29, 0.717) is 22.1 Å². The molecule has 0 unspecified atom stereocenters. The maximum absolute atomic E-state index is 12.3. The van der Waals surface area contributed by atoms with Crippen molar-refractivity contribution in [2.24, 2.45) is 0 Å². The molecule has 116 valence electrons. The predicted octanol–water partition coefficient (Wildman–Crippen LogP) is 3.86. The third-order valence-corrected chi connectivity index (χ3v) is 4.95. The molecule has 0 spiro atoms. The van der Waals surface area contributed by atoms with Gasteiger partial charge < -0.3 is 14.2 Å². The van der Waals surface area contributed by atoms with Crippen molar-refractivity contribution in [2.75, 3.05) is 14.2 Å². The SMILES string of the molecule is COc1cc(OC)cc(OC(=O)c2cc3c(s2)CCCC3)c1. The topological polar surface area (TPSA) is 44.8 Å². The highest BCUT2D eigenvalue weighted by Gasteiger charge is 2.19. The lowest BCUT2D eigenvalue weighted by Gasteiger charge is -2.08. The summed E-state index contributed by atoms with van der Waals surface area (Å²) < 4.78 is 15.8. The number of carbonyl (C=O) groups excluding carboxylic acids is 1. The van der Waals surface area contributed by atoms with E-state index in [2.05, 4.69) is 0 Å². The van der Waals surface area contributed by atoms with Crippen LogP contribution in [0, 0.1) is 0 Å². The number of fused-ring (bicyclic) bond motifs is 1. The lowest BCUT2D eigenvalue weighted by atomic mass is 9.99. The third kappa shape index (κ3) is 3.09. The van der Waals surface area contributed by atoms with E-state index in [9.17, 15) is 4.79 Å². The number of methoxy groups -OCH3 is 2. The van der Waals surface area contributed by atoms with E-state index in [0.717, 1.165) is 12.8 Å². The van der Waals surface area contributed by atoms with Crippen LogP contribution in [0.25, 0.3) is 0 Å². The second kappa shape index (κ2) is 6.40. The summed E-state index contributed by atoms with van der Waals surface area (Å²) in [5.74, 6) is 1.28. The second-order valence-corrected chi connectivity index (χ2v) is 6.34. The van der Waals surface area contributed by atoms with Gasteiger partial charge in [0, 0.05) is 23.1 Å². The number of esters is 1. The molecule has 0 bridgehead atoms. The van der Waals surface area contributed by atoms with Gasteiger partial charge in [0.05, 0.1) is 14.2 Å². The molecule has 1 aliphatic carbocycles. The first-order valence-electron chi connectivity index (χ1n) is 7.26. The van der Waals surface area contributed by atoms with E-state index in [1.54, 1.807) is 43.8 Å². The zero-order valence-corrected chi connectivity index (χ0v) is 13.5. The lowest BCUT2D eigenvalue weighted by molar-refractivity contribution is 0.0739. The molecule has 2 aromatic rings. The number of benzene rings is 1. The summed E-state index contributed by atoms with van der Waals surface area (Å²) in [6.45, 7) is 0. The molecule has 0 atom stereocenters. The quantitative estimate of drug-likeness (QED) is 0.634. The molecule has 1 aromatic heterocycles. The largest absolute Gasteiger partial charge is 0.496 e. The molecule has 5 heteroatoms. The van der Waals surface area contributed by atoms with Crippen molar-refractivity contribution < 1.29 is 19.0 Å². The van der Waals surface area contributed by atoms with Crippen LogP contribution in [0.1, 0.15) is 33.0 Å². The summed E-state index contributed by atoms with van der Waals surface area (Å²) in [6.07, 6.45) is 4.53. The van der Waals surface area contributed by atoms with Gasteiger partial charge in [0.2, 0.25) is 0 Å². The number of thiophene rings is 1. The van der Waals surface area contributed by atoms with E-state index < -0.39 is 0 Å². The number of ether oxygens (including phenoxy) is 3. The van der Waals surface area contributed by atoms with Crippen LogP contribution in [0.15, 0.2) is 24.3 Å². The minimum absolute atomic E-state index is 0.324. The van der Waals surface area contributed by atoms with Crippen LogP contribution in [-0.4, -0.2) is 20.2 Å². The Labute approximate surface area is 133 Å². The fourth-order valence-electron chi connectivity index (χ4n) is 2.59. The van der Waals surface area contributed by atoms with Gasteiger partial charge in [0.25, 0.3) is 0 Å². The first-order chi connectivity index (χ1) is 10.7. The van der Waals surface area contributed by atoms with Gasteiger partial charge in [-0.2, -0.15) is 0 Å². The maximum atomic E-state index is 12.3. The summed E-state index contributed by atoms with van der Waals surface area (Å²) in [4.78, 5) is 14.3. The normalized spacial score (nSPS) is 13.4. The third-order valence-electron chi connectivity index (χ3n) is 3.73. The molecule has 0 fully saturated rings. The molecule has 1 aromatic carbocycles. The van der Waals surface area contributed by atoms with Crippen LogP contribution >= 0.6 is 11.3 Å². The molecule has 1 aliphatic rings. The van der Waals surface area contributed by atoms with Gasteiger partial charge in [-0.15, -0.1) is 11.3 Å². The Morgan fingerprint density at radius 3 is 2.23 bits per heavy atom. The molecule has 0 aliphatic heterocycles. The molecular weight excluding hydrogens is 300 g/mol. The fourth-order valence-corrected chi connectivity index (χ4v) is 3.72. The van der Waals surface area contributed by atoms with Gasteiger partial charge in [0.15, 0.2) is 0 Å². The first-order valence-corrected chi connectivity index (χ1v) is 8.08. The average molecular weight is 318 g/mol. The highest BCUT2D eigenvalue weighted by molar-refractivity contribution is 7.14. The number of hydrogen-bond acceptors (Lipinski definition) is 5. The smallest absolute Gasteiger partial charge is 0.353 e. The minimum Gasteiger partial charge on any atom is -0.496 e. The van der Waals surface area contributed by atoms with E-state index in [4.69, 9.17) is 14.2 Å². The van der Waals surface area contributed by atoms with Crippen LogP contribution in [-0.2, 0) is 12.8 Å². The molecule has 3 rings (SSSR count). The van der Waals surface area contributed by atoms with Crippen molar-refractivity contribution in [3.63, 3.8) is 0 Å². The van der Waals surface area contributed by atoms with Gasteiger partial charge in [-0.05, 0) is 37.3 Å². The fraction of sp³-hybridized carbons (Fsp3) is 0.353. The van der Waals surface area contributed by atoms with Crippen molar-refractivity contribution >= 4 is 17.3 Å². The van der Waals surface area contributed by atoms with Gasteiger partial charge >= 0.3 is 5.97 Å². The second-order valence-electron chi connectivity index (χ2n) is 5.20. The van der Waals surface area contributed by atoms with Crippen LogP contribution < -0.4 is 14.2 Å². The van der Waals surface area contributed by atoms with Gasteiger partial charge in [-0.3, -0.25) is 0 Å². The van der Waals surface area contributed by atoms with Crippen LogP contribution in [0.3, 0.4) is 0 Å². The Balaban J connectivity index is 1.80. The van der Waals surface area contributed by atoms with Crippen molar-refractivity contribution in [1.82, 2.24) is 0 Å². The number of carbonyl (C=O) groups is 1. The van der Waals surface area contributed by atoms with Crippen molar-refractivity contribution in [3.8, 4) is 17.2 Å². The van der Waals surface area contributed by atoms with Gasteiger partial charge in [0.1, 0.15) is 22.1 Å². The summed E-state index contributed by atoms with van der Waals surface area (Å²) >= 11 is 1.55. The molecular formula is C17H18O4S. The van der Waals surface area contributed by atoms with Crippen molar-refractivity contribution in [3.05, 3.63) is 39.6 Å². The van der Waals surface area contributed by atoms with Crippen LogP contribution in [0.2, 0.25) is 0 Å². The summed E-state index contributed by atoms with van der Waals surface area (Å²) in [5, 5.41) is 0. The Hall–Kier alpha value is -2.01. The Bertz CT molecular complexity index is 644. The predicted molar refractivity (Wildman–Crippen MR) is 85.5 cm³/mol. The van der Waals surface area contributed by atoms with Crippen LogP contribution in [0.5, 0.6) is 17.2 Å². The minimum atomic E-state index is -0.324. The zero-order chi connectivity index (χ0) is 15.5. The molecule has 1 heterocycles. The van der Waals surface area contributed by atoms with Crippen molar-refractivity contribution in [2.45, 2.75) is 25.7 Å². The van der Waals surface area contributed by atoms with Gasteiger partial charge in [-0.1, -0.05) is 0 Å². The standard InChI is InChI=1S/C17H18O4S/c1-19-12-8-13(20-2)10-14(9-12)21-17(18)16-7-11-5-3-4-6-15(11)22-16/h7-10H,3-6H2,1-2H3. The average Bonchev–Trinajstić information content (AvgIpc) is 2.98. The number of rotatable bonds is 4. The molecule has 22 heavy (non-hydrogen) atoms. The van der Waals surface area contributed by atoms with E-state index in [1.807, 2.05) is 6.07 Å².